The average molecular weight is 316 g/mol. The largest absolute Gasteiger partial charge is 0.395 e. The van der Waals surface area contributed by atoms with Gasteiger partial charge in [0.1, 0.15) is 0 Å². The Morgan fingerprint density at radius 1 is 1.32 bits per heavy atom. The van der Waals surface area contributed by atoms with Gasteiger partial charge in [0.05, 0.1) is 24.4 Å². The second-order valence-corrected chi connectivity index (χ2v) is 5.65. The van der Waals surface area contributed by atoms with Crippen molar-refractivity contribution >= 4 is 17.3 Å². The van der Waals surface area contributed by atoms with Crippen molar-refractivity contribution < 1.29 is 5.11 Å². The van der Waals surface area contributed by atoms with E-state index < -0.39 is 0 Å². The van der Waals surface area contributed by atoms with Crippen molar-refractivity contribution in [1.82, 2.24) is 19.8 Å². The van der Waals surface area contributed by atoms with Gasteiger partial charge >= 0.3 is 0 Å². The van der Waals surface area contributed by atoms with Crippen molar-refractivity contribution in [1.29, 1.82) is 0 Å². The van der Waals surface area contributed by atoms with Gasteiger partial charge in [0.25, 0.3) is 0 Å². The van der Waals surface area contributed by atoms with Crippen LogP contribution in [0.1, 0.15) is 30.4 Å². The summed E-state index contributed by atoms with van der Waals surface area (Å²) in [7, 11) is 0. The van der Waals surface area contributed by atoms with Crippen LogP contribution in [-0.4, -0.2) is 37.8 Å². The summed E-state index contributed by atoms with van der Waals surface area (Å²) in [4.78, 5) is 6.54. The van der Waals surface area contributed by atoms with Crippen LogP contribution >= 0.6 is 12.2 Å². The second kappa shape index (κ2) is 6.46. The Balaban J connectivity index is 2.03. The molecule has 0 bridgehead atoms. The average Bonchev–Trinajstić information content (AvgIpc) is 3.13. The van der Waals surface area contributed by atoms with Crippen molar-refractivity contribution in [2.75, 3.05) is 13.2 Å². The third-order valence-corrected chi connectivity index (χ3v) is 4.40. The van der Waals surface area contributed by atoms with Gasteiger partial charge in [-0.05, 0) is 43.4 Å². The maximum Gasteiger partial charge on any atom is 0.170 e. The highest BCUT2D eigenvalue weighted by atomic mass is 32.1. The van der Waals surface area contributed by atoms with E-state index in [1.807, 2.05) is 24.3 Å². The van der Waals surface area contributed by atoms with Gasteiger partial charge in [-0.2, -0.15) is 0 Å². The number of aliphatic hydroxyl groups excluding tert-OH is 1. The molecule has 1 saturated heterocycles. The zero-order chi connectivity index (χ0) is 15.5. The van der Waals surface area contributed by atoms with Gasteiger partial charge in [0.2, 0.25) is 0 Å². The zero-order valence-corrected chi connectivity index (χ0v) is 13.3. The number of nitrogens with zero attached hydrogens (tertiary/aromatic N) is 3. The van der Waals surface area contributed by atoms with Crippen LogP contribution in [0.2, 0.25) is 0 Å². The number of thiocarbonyl (C=S) groups is 1. The van der Waals surface area contributed by atoms with Crippen molar-refractivity contribution in [3.8, 4) is 0 Å². The normalized spacial score (nSPS) is 21.2. The lowest BCUT2D eigenvalue weighted by molar-refractivity contribution is 0.219. The maximum atomic E-state index is 9.39. The van der Waals surface area contributed by atoms with E-state index in [9.17, 15) is 5.11 Å². The Morgan fingerprint density at radius 3 is 2.86 bits per heavy atom. The van der Waals surface area contributed by atoms with E-state index in [2.05, 4.69) is 39.0 Å². The van der Waals surface area contributed by atoms with Gasteiger partial charge in [0, 0.05) is 31.2 Å². The molecule has 22 heavy (non-hydrogen) atoms. The van der Waals surface area contributed by atoms with Crippen LogP contribution in [-0.2, 0) is 6.54 Å². The van der Waals surface area contributed by atoms with Gasteiger partial charge in [-0.15, -0.1) is 0 Å². The molecule has 2 aromatic rings. The standard InChI is InChI=1S/C16H20N4OS/c1-2-19-9-5-7-13(19)15-14(12-6-3-4-8-17-12)18-16(22)20(15)10-11-21/h3-9,14-15,21H,2,10-11H2,1H3,(H,18,22)/t14-,15-/m0/s1. The molecule has 116 valence electrons. The molecule has 1 aliphatic heterocycles. The van der Waals surface area contributed by atoms with Gasteiger partial charge in [-0.25, -0.2) is 0 Å². The molecule has 5 nitrogen and oxygen atoms in total. The van der Waals surface area contributed by atoms with Crippen LogP contribution in [0.4, 0.5) is 0 Å². The predicted octanol–water partition coefficient (Wildman–Crippen LogP) is 1.87. The van der Waals surface area contributed by atoms with Crippen molar-refractivity contribution in [2.24, 2.45) is 0 Å². The molecule has 0 aliphatic carbocycles. The molecular weight excluding hydrogens is 296 g/mol. The highest BCUT2D eigenvalue weighted by molar-refractivity contribution is 7.80. The van der Waals surface area contributed by atoms with Crippen molar-refractivity contribution in [3.05, 3.63) is 54.1 Å². The number of pyridine rings is 1. The summed E-state index contributed by atoms with van der Waals surface area (Å²) in [5.41, 5.74) is 2.14. The Bertz CT molecular complexity index is 643. The lowest BCUT2D eigenvalue weighted by Gasteiger charge is -2.28. The molecule has 0 radical (unpaired) electrons. The highest BCUT2D eigenvalue weighted by Crippen LogP contribution is 2.38. The molecule has 0 saturated carbocycles. The summed E-state index contributed by atoms with van der Waals surface area (Å²) in [6.07, 6.45) is 3.87. The molecule has 2 atom stereocenters. The molecule has 0 unspecified atom stereocenters. The first-order valence-electron chi connectivity index (χ1n) is 7.50. The lowest BCUT2D eigenvalue weighted by Crippen LogP contribution is -2.33. The summed E-state index contributed by atoms with van der Waals surface area (Å²) in [6.45, 7) is 3.60. The summed E-state index contributed by atoms with van der Waals surface area (Å²) >= 11 is 5.48. The first kappa shape index (κ1) is 15.0. The second-order valence-electron chi connectivity index (χ2n) is 5.26. The molecule has 6 heteroatoms. The fourth-order valence-electron chi connectivity index (χ4n) is 3.06. The number of rotatable bonds is 5. The molecule has 3 rings (SSSR count). The van der Waals surface area contributed by atoms with Crippen LogP contribution in [0.15, 0.2) is 42.7 Å². The minimum absolute atomic E-state index is 0.0135. The van der Waals surface area contributed by atoms with Crippen LogP contribution in [0.3, 0.4) is 0 Å². The van der Waals surface area contributed by atoms with Gasteiger partial charge in [-0.3, -0.25) is 4.98 Å². The first-order chi connectivity index (χ1) is 10.8. The number of aromatic nitrogens is 2. The fourth-order valence-corrected chi connectivity index (χ4v) is 3.39. The molecule has 3 heterocycles. The third kappa shape index (κ3) is 2.60. The summed E-state index contributed by atoms with van der Waals surface area (Å²) in [5.74, 6) is 0. The molecule has 0 spiro atoms. The SMILES string of the molecule is CCn1cccc1[C@H]1[C@H](c2ccccn2)NC(=S)N1CCO. The quantitative estimate of drug-likeness (QED) is 0.825. The molecule has 0 aromatic carbocycles. The monoisotopic (exact) mass is 316 g/mol. The van der Waals surface area contributed by atoms with Crippen LogP contribution in [0.5, 0.6) is 0 Å². The predicted molar refractivity (Wildman–Crippen MR) is 89.4 cm³/mol. The Morgan fingerprint density at radius 2 is 2.18 bits per heavy atom. The van der Waals surface area contributed by atoms with E-state index in [0.717, 1.165) is 12.2 Å². The van der Waals surface area contributed by atoms with Gasteiger partial charge < -0.3 is 19.9 Å². The summed E-state index contributed by atoms with van der Waals surface area (Å²) in [5, 5.41) is 13.4. The van der Waals surface area contributed by atoms with E-state index >= 15 is 0 Å². The molecule has 1 aliphatic rings. The summed E-state index contributed by atoms with van der Waals surface area (Å²) < 4.78 is 2.21. The van der Waals surface area contributed by atoms with E-state index in [1.54, 1.807) is 6.20 Å². The first-order valence-corrected chi connectivity index (χ1v) is 7.91. The minimum Gasteiger partial charge on any atom is -0.395 e. The number of nitrogens with one attached hydrogen (secondary N) is 1. The van der Waals surface area contributed by atoms with E-state index in [1.165, 1.54) is 5.69 Å². The Hall–Kier alpha value is -1.92. The van der Waals surface area contributed by atoms with Crippen LogP contribution in [0, 0.1) is 0 Å². The Kier molecular flexibility index (Phi) is 4.40. The molecule has 2 aromatic heterocycles. The van der Waals surface area contributed by atoms with Crippen molar-refractivity contribution in [3.63, 3.8) is 0 Å². The van der Waals surface area contributed by atoms with Gasteiger partial charge in [0.15, 0.2) is 5.11 Å². The topological polar surface area (TPSA) is 53.3 Å². The Labute approximate surface area is 135 Å². The lowest BCUT2D eigenvalue weighted by atomic mass is 10.0. The van der Waals surface area contributed by atoms with E-state index in [-0.39, 0.29) is 18.7 Å². The maximum absolute atomic E-state index is 9.39. The molecule has 2 N–H and O–H groups in total. The number of β-amino-alcohol motifs (C(OH)–C–C–N with tert-alkyl or cyclic N) is 1. The number of aliphatic hydroxyl groups is 1. The number of aryl methyl sites for hydroxylation is 1. The zero-order valence-electron chi connectivity index (χ0n) is 12.5. The molecular formula is C16H20N4OS. The van der Waals surface area contributed by atoms with Crippen LogP contribution < -0.4 is 5.32 Å². The highest BCUT2D eigenvalue weighted by Gasteiger charge is 2.40. The van der Waals surface area contributed by atoms with E-state index in [4.69, 9.17) is 12.2 Å². The van der Waals surface area contributed by atoms with Crippen LogP contribution in [0.25, 0.3) is 0 Å². The third-order valence-electron chi connectivity index (χ3n) is 4.05. The molecule has 0 amide bonds. The summed E-state index contributed by atoms with van der Waals surface area (Å²) in [6, 6.07) is 10.1. The molecule has 1 fully saturated rings. The van der Waals surface area contributed by atoms with Gasteiger partial charge in [-0.1, -0.05) is 6.07 Å². The smallest absolute Gasteiger partial charge is 0.170 e. The minimum atomic E-state index is -0.0135. The van der Waals surface area contributed by atoms with E-state index in [0.29, 0.717) is 11.7 Å². The number of hydrogen-bond donors (Lipinski definition) is 2. The number of hydrogen-bond acceptors (Lipinski definition) is 3. The van der Waals surface area contributed by atoms with Crippen molar-refractivity contribution in [2.45, 2.75) is 25.6 Å². The fraction of sp³-hybridized carbons (Fsp3) is 0.375.